The van der Waals surface area contributed by atoms with Crippen molar-refractivity contribution in [2.45, 2.75) is 26.1 Å². The van der Waals surface area contributed by atoms with Crippen LogP contribution in [0.4, 0.5) is 0 Å². The molecule has 0 aliphatic heterocycles. The average Bonchev–Trinajstić information content (AvgIpc) is 2.78. The molecule has 31 heavy (non-hydrogen) atoms. The van der Waals surface area contributed by atoms with Gasteiger partial charge in [0.05, 0.1) is 12.6 Å². The summed E-state index contributed by atoms with van der Waals surface area (Å²) in [6.07, 6.45) is 1.39. The van der Waals surface area contributed by atoms with E-state index in [2.05, 4.69) is 5.32 Å². The number of hydrogen-bond donors (Lipinski definition) is 1. The highest BCUT2D eigenvalue weighted by molar-refractivity contribution is 5.80. The molecule has 2 aromatic carbocycles. The molecule has 160 valence electrons. The zero-order valence-corrected chi connectivity index (χ0v) is 17.1. The fourth-order valence-electron chi connectivity index (χ4n) is 3.03. The third kappa shape index (κ3) is 6.02. The van der Waals surface area contributed by atoms with Crippen molar-refractivity contribution in [3.05, 3.63) is 105 Å². The van der Waals surface area contributed by atoms with Crippen LogP contribution in [0.25, 0.3) is 0 Å². The summed E-state index contributed by atoms with van der Waals surface area (Å²) in [4.78, 5) is 48.9. The van der Waals surface area contributed by atoms with E-state index in [1.54, 1.807) is 0 Å². The van der Waals surface area contributed by atoms with Crippen molar-refractivity contribution in [2.24, 2.45) is 0 Å². The first-order valence-corrected chi connectivity index (χ1v) is 9.78. The number of nitrogens with one attached hydrogen (secondary N) is 1. The lowest BCUT2D eigenvalue weighted by Gasteiger charge is -2.14. The zero-order valence-electron chi connectivity index (χ0n) is 17.1. The summed E-state index contributed by atoms with van der Waals surface area (Å²) in [7, 11) is 0. The summed E-state index contributed by atoms with van der Waals surface area (Å²) in [6, 6.07) is 19.6. The van der Waals surface area contributed by atoms with Crippen LogP contribution in [0.5, 0.6) is 0 Å². The van der Waals surface area contributed by atoms with E-state index in [-0.39, 0.29) is 12.6 Å². The van der Waals surface area contributed by atoms with Crippen molar-refractivity contribution in [1.82, 2.24) is 14.5 Å². The van der Waals surface area contributed by atoms with Gasteiger partial charge in [0.2, 0.25) is 0 Å². The van der Waals surface area contributed by atoms with Gasteiger partial charge in [-0.15, -0.1) is 0 Å². The number of benzene rings is 2. The molecule has 0 saturated heterocycles. The molecule has 0 aliphatic carbocycles. The molecule has 0 aliphatic rings. The van der Waals surface area contributed by atoms with Gasteiger partial charge in [-0.3, -0.25) is 19.0 Å². The molecule has 0 saturated carbocycles. The summed E-state index contributed by atoms with van der Waals surface area (Å²) in [5, 5.41) is 2.72. The zero-order chi connectivity index (χ0) is 22.2. The molecule has 0 spiro atoms. The van der Waals surface area contributed by atoms with Gasteiger partial charge in [0.25, 0.3) is 11.5 Å². The maximum atomic E-state index is 12.6. The van der Waals surface area contributed by atoms with Crippen LogP contribution in [0.1, 0.15) is 24.1 Å². The third-order valence-corrected chi connectivity index (χ3v) is 4.66. The monoisotopic (exact) mass is 421 g/mol. The van der Waals surface area contributed by atoms with Crippen molar-refractivity contribution in [2.75, 3.05) is 6.61 Å². The molecular weight excluding hydrogens is 398 g/mol. The van der Waals surface area contributed by atoms with E-state index < -0.39 is 36.3 Å². The first-order valence-electron chi connectivity index (χ1n) is 9.78. The van der Waals surface area contributed by atoms with Crippen LogP contribution < -0.4 is 16.6 Å². The number of carbonyl (C=O) groups is 2. The van der Waals surface area contributed by atoms with E-state index >= 15 is 0 Å². The summed E-state index contributed by atoms with van der Waals surface area (Å²) in [6.45, 7) is 0.993. The van der Waals surface area contributed by atoms with E-state index in [0.717, 1.165) is 15.7 Å². The summed E-state index contributed by atoms with van der Waals surface area (Å²) in [5.41, 5.74) is 0.544. The molecule has 3 aromatic rings. The van der Waals surface area contributed by atoms with Crippen molar-refractivity contribution in [3.63, 3.8) is 0 Å². The highest BCUT2D eigenvalue weighted by Gasteiger charge is 2.14. The van der Waals surface area contributed by atoms with E-state index in [1.807, 2.05) is 67.6 Å². The van der Waals surface area contributed by atoms with Crippen molar-refractivity contribution in [3.8, 4) is 0 Å². The van der Waals surface area contributed by atoms with Crippen molar-refractivity contribution < 1.29 is 14.3 Å². The quantitative estimate of drug-likeness (QED) is 0.556. The second kappa shape index (κ2) is 10.2. The van der Waals surface area contributed by atoms with Gasteiger partial charge < -0.3 is 10.1 Å². The summed E-state index contributed by atoms with van der Waals surface area (Å²) < 4.78 is 7.07. The Morgan fingerprint density at radius 3 is 2.29 bits per heavy atom. The minimum atomic E-state index is -0.848. The Bertz CT molecular complexity index is 1150. The topological polar surface area (TPSA) is 99.4 Å². The molecular formula is C23H23N3O5. The highest BCUT2D eigenvalue weighted by Crippen LogP contribution is 2.10. The highest BCUT2D eigenvalue weighted by atomic mass is 16.5. The number of hydrogen-bond acceptors (Lipinski definition) is 5. The molecule has 1 aromatic heterocycles. The van der Waals surface area contributed by atoms with Crippen LogP contribution in [-0.4, -0.2) is 27.6 Å². The number of aromatic nitrogens is 2. The molecule has 1 atom stereocenters. The van der Waals surface area contributed by atoms with Gasteiger partial charge in [-0.2, -0.15) is 0 Å². The van der Waals surface area contributed by atoms with Crippen molar-refractivity contribution in [1.29, 1.82) is 0 Å². The van der Waals surface area contributed by atoms with Crippen LogP contribution in [0.3, 0.4) is 0 Å². The van der Waals surface area contributed by atoms with Crippen LogP contribution in [0, 0.1) is 0 Å². The predicted molar refractivity (Wildman–Crippen MR) is 114 cm³/mol. The van der Waals surface area contributed by atoms with Gasteiger partial charge in [-0.1, -0.05) is 60.7 Å². The largest absolute Gasteiger partial charge is 0.454 e. The standard InChI is InChI=1S/C23H23N3O5/c1-17(19-10-6-3-7-11-19)24-20(27)16-31-22(29)15-26-21(28)12-13-25(23(26)30)14-18-8-4-2-5-9-18/h2-13,17H,14-16H2,1H3,(H,24,27)/t17-/m0/s1. The minimum Gasteiger partial charge on any atom is -0.454 e. The lowest BCUT2D eigenvalue weighted by molar-refractivity contribution is -0.149. The molecule has 1 N–H and O–H groups in total. The second-order valence-corrected chi connectivity index (χ2v) is 7.00. The Morgan fingerprint density at radius 1 is 0.968 bits per heavy atom. The molecule has 1 amide bonds. The fraction of sp³-hybridized carbons (Fsp3) is 0.217. The molecule has 0 bridgehead atoms. The van der Waals surface area contributed by atoms with E-state index in [1.165, 1.54) is 16.8 Å². The van der Waals surface area contributed by atoms with Crippen LogP contribution >= 0.6 is 0 Å². The first-order chi connectivity index (χ1) is 14.9. The lowest BCUT2D eigenvalue weighted by atomic mass is 10.1. The maximum Gasteiger partial charge on any atom is 0.331 e. The molecule has 8 heteroatoms. The summed E-state index contributed by atoms with van der Waals surface area (Å²) in [5.74, 6) is -1.33. The van der Waals surface area contributed by atoms with Gasteiger partial charge in [0.15, 0.2) is 6.61 Å². The smallest absolute Gasteiger partial charge is 0.331 e. The van der Waals surface area contributed by atoms with Gasteiger partial charge in [-0.05, 0) is 18.1 Å². The van der Waals surface area contributed by atoms with Gasteiger partial charge in [-0.25, -0.2) is 9.36 Å². The molecule has 0 unspecified atom stereocenters. The predicted octanol–water partition coefficient (Wildman–Crippen LogP) is 1.48. The van der Waals surface area contributed by atoms with Crippen LogP contribution in [-0.2, 0) is 27.4 Å². The lowest BCUT2D eigenvalue weighted by Crippen LogP contribution is -2.41. The number of amides is 1. The molecule has 1 heterocycles. The number of nitrogens with zero attached hydrogens (tertiary/aromatic N) is 2. The van der Waals surface area contributed by atoms with Crippen LogP contribution in [0.15, 0.2) is 82.5 Å². The van der Waals surface area contributed by atoms with E-state index in [9.17, 15) is 19.2 Å². The molecule has 0 fully saturated rings. The Balaban J connectivity index is 1.58. The van der Waals surface area contributed by atoms with Gasteiger partial charge in [0, 0.05) is 12.3 Å². The van der Waals surface area contributed by atoms with Crippen molar-refractivity contribution >= 4 is 11.9 Å². The van der Waals surface area contributed by atoms with Crippen LogP contribution in [0.2, 0.25) is 0 Å². The first kappa shape index (κ1) is 21.8. The third-order valence-electron chi connectivity index (χ3n) is 4.66. The number of rotatable bonds is 8. The molecule has 8 nitrogen and oxygen atoms in total. The van der Waals surface area contributed by atoms with E-state index in [0.29, 0.717) is 0 Å². The Hall–Kier alpha value is -3.94. The fourth-order valence-corrected chi connectivity index (χ4v) is 3.03. The van der Waals surface area contributed by atoms with E-state index in [4.69, 9.17) is 4.74 Å². The molecule has 0 radical (unpaired) electrons. The van der Waals surface area contributed by atoms with Gasteiger partial charge in [0.1, 0.15) is 6.54 Å². The summed E-state index contributed by atoms with van der Waals surface area (Å²) >= 11 is 0. The SMILES string of the molecule is C[C@H](NC(=O)COC(=O)Cn1c(=O)ccn(Cc2ccccc2)c1=O)c1ccccc1. The number of carbonyl (C=O) groups excluding carboxylic acids is 2. The Kier molecular flexibility index (Phi) is 7.16. The number of ether oxygens (including phenoxy) is 1. The Labute approximate surface area is 178 Å². The second-order valence-electron chi connectivity index (χ2n) is 7.00. The average molecular weight is 421 g/mol. The molecule has 3 rings (SSSR count). The minimum absolute atomic E-state index is 0.255. The maximum absolute atomic E-state index is 12.6. The Morgan fingerprint density at radius 2 is 1.61 bits per heavy atom. The van der Waals surface area contributed by atoms with Gasteiger partial charge >= 0.3 is 11.7 Å². The normalized spacial score (nSPS) is 11.5. The number of esters is 1.